The van der Waals surface area contributed by atoms with Gasteiger partial charge in [0.2, 0.25) is 5.91 Å². The number of hydrogen-bond acceptors (Lipinski definition) is 6. The number of carbonyl (C=O) groups excluding carboxylic acids is 2. The van der Waals surface area contributed by atoms with Crippen molar-refractivity contribution in [3.8, 4) is 5.75 Å². The van der Waals surface area contributed by atoms with E-state index in [1.165, 1.54) is 21.9 Å². The highest BCUT2D eigenvalue weighted by atomic mass is 19.3. The van der Waals surface area contributed by atoms with Gasteiger partial charge in [-0.3, -0.25) is 14.5 Å². The number of anilines is 2. The Kier molecular flexibility index (Phi) is 7.68. The fourth-order valence-corrected chi connectivity index (χ4v) is 3.49. The van der Waals surface area contributed by atoms with E-state index in [1.54, 1.807) is 0 Å². The largest absolute Gasteiger partial charge is 0.433 e. The monoisotopic (exact) mass is 448 g/mol. The van der Waals surface area contributed by atoms with Gasteiger partial charge in [-0.15, -0.1) is 0 Å². The maximum absolute atomic E-state index is 12.9. The summed E-state index contributed by atoms with van der Waals surface area (Å²) in [6, 6.07) is 2.80. The molecular weight excluding hydrogens is 424 g/mol. The fraction of sp³-hybridized carbons (Fsp3) is 0.579. The van der Waals surface area contributed by atoms with E-state index in [-0.39, 0.29) is 49.5 Å². The second kappa shape index (κ2) is 10.2. The van der Waals surface area contributed by atoms with Gasteiger partial charge in [0.25, 0.3) is 12.3 Å². The molecule has 31 heavy (non-hydrogen) atoms. The summed E-state index contributed by atoms with van der Waals surface area (Å²) >= 11 is 0. The normalized spacial score (nSPS) is 18.1. The van der Waals surface area contributed by atoms with Crippen LogP contribution in [-0.2, 0) is 14.3 Å². The molecule has 1 saturated carbocycles. The molecule has 8 nitrogen and oxygen atoms in total. The molecule has 1 aliphatic carbocycles. The van der Waals surface area contributed by atoms with Crippen LogP contribution in [0.2, 0.25) is 0 Å². The van der Waals surface area contributed by atoms with Gasteiger partial charge in [0.05, 0.1) is 18.8 Å². The molecule has 0 aromatic heterocycles. The average Bonchev–Trinajstić information content (AvgIpc) is 3.53. The first-order chi connectivity index (χ1) is 14.8. The topological polar surface area (TPSA) is 97.1 Å². The van der Waals surface area contributed by atoms with Crippen LogP contribution in [0.1, 0.15) is 12.8 Å². The van der Waals surface area contributed by atoms with Crippen molar-refractivity contribution >= 4 is 23.2 Å². The van der Waals surface area contributed by atoms with Crippen LogP contribution in [0, 0.1) is 0 Å². The molecule has 172 valence electrons. The minimum absolute atomic E-state index is 0.108. The second-order valence-electron chi connectivity index (χ2n) is 7.22. The van der Waals surface area contributed by atoms with Gasteiger partial charge in [-0.05, 0) is 25.0 Å². The standard InChI is InChI=1S/C19H24F4N4O4/c20-16(21)9-27(12-2-3-12)14(8-24)18(29)25-11-1-4-13(15(7-11)31-19(22)23)26-5-6-30-10-17(26)28/h1,4,7,12,14,16,19H,2-3,5-6,8-10,24H2,(H,25,29)/t14-/m0/s1. The number of ether oxygens (including phenoxy) is 2. The molecule has 2 amide bonds. The Morgan fingerprint density at radius 3 is 2.65 bits per heavy atom. The number of nitrogens with one attached hydrogen (secondary N) is 1. The van der Waals surface area contributed by atoms with Crippen molar-refractivity contribution in [2.45, 2.75) is 38.0 Å². The van der Waals surface area contributed by atoms with E-state index >= 15 is 0 Å². The average molecular weight is 448 g/mol. The molecule has 1 atom stereocenters. The van der Waals surface area contributed by atoms with E-state index in [1.807, 2.05) is 0 Å². The summed E-state index contributed by atoms with van der Waals surface area (Å²) in [6.45, 7) is -3.73. The zero-order valence-corrected chi connectivity index (χ0v) is 16.6. The van der Waals surface area contributed by atoms with Crippen molar-refractivity contribution in [3.63, 3.8) is 0 Å². The number of morpholine rings is 1. The lowest BCUT2D eigenvalue weighted by atomic mass is 10.2. The van der Waals surface area contributed by atoms with Crippen LogP contribution in [0.5, 0.6) is 5.75 Å². The highest BCUT2D eigenvalue weighted by Gasteiger charge is 2.38. The molecule has 1 heterocycles. The van der Waals surface area contributed by atoms with Crippen molar-refractivity contribution in [1.82, 2.24) is 4.90 Å². The summed E-state index contributed by atoms with van der Waals surface area (Å²) in [6.07, 6.45) is -1.23. The maximum Gasteiger partial charge on any atom is 0.387 e. The van der Waals surface area contributed by atoms with Crippen molar-refractivity contribution in [2.75, 3.05) is 43.1 Å². The van der Waals surface area contributed by atoms with Crippen LogP contribution < -0.4 is 20.7 Å². The third kappa shape index (κ3) is 6.05. The van der Waals surface area contributed by atoms with Crippen LogP contribution in [-0.4, -0.2) is 74.7 Å². The minimum Gasteiger partial charge on any atom is -0.433 e. The van der Waals surface area contributed by atoms with Crippen LogP contribution >= 0.6 is 0 Å². The summed E-state index contributed by atoms with van der Waals surface area (Å²) in [5, 5.41) is 2.53. The molecule has 0 radical (unpaired) electrons. The molecule has 0 unspecified atom stereocenters. The van der Waals surface area contributed by atoms with Gasteiger partial charge in [0.1, 0.15) is 12.6 Å². The Morgan fingerprint density at radius 1 is 1.32 bits per heavy atom. The van der Waals surface area contributed by atoms with E-state index in [9.17, 15) is 27.2 Å². The number of alkyl halides is 4. The molecule has 1 aromatic carbocycles. The molecule has 0 spiro atoms. The predicted octanol–water partition coefficient (Wildman–Crippen LogP) is 1.65. The molecule has 1 aliphatic heterocycles. The number of nitrogens with zero attached hydrogens (tertiary/aromatic N) is 2. The van der Waals surface area contributed by atoms with Gasteiger partial charge < -0.3 is 25.4 Å². The van der Waals surface area contributed by atoms with Gasteiger partial charge in [-0.25, -0.2) is 8.78 Å². The van der Waals surface area contributed by atoms with Crippen LogP contribution in [0.15, 0.2) is 18.2 Å². The van der Waals surface area contributed by atoms with Crippen molar-refractivity contribution in [2.24, 2.45) is 5.73 Å². The molecule has 1 saturated heterocycles. The maximum atomic E-state index is 12.9. The van der Waals surface area contributed by atoms with E-state index in [4.69, 9.17) is 10.5 Å². The molecule has 2 aliphatic rings. The summed E-state index contributed by atoms with van der Waals surface area (Å²) < 4.78 is 61.3. The zero-order valence-electron chi connectivity index (χ0n) is 16.6. The van der Waals surface area contributed by atoms with Gasteiger partial charge in [0, 0.05) is 30.9 Å². The Morgan fingerprint density at radius 2 is 2.06 bits per heavy atom. The van der Waals surface area contributed by atoms with Gasteiger partial charge in [-0.2, -0.15) is 8.78 Å². The summed E-state index contributed by atoms with van der Waals surface area (Å²) in [5.74, 6) is -1.36. The van der Waals surface area contributed by atoms with Crippen LogP contribution in [0.3, 0.4) is 0 Å². The van der Waals surface area contributed by atoms with Gasteiger partial charge in [-0.1, -0.05) is 0 Å². The number of rotatable bonds is 10. The number of halogens is 4. The molecule has 3 N–H and O–H groups in total. The number of amides is 2. The smallest absolute Gasteiger partial charge is 0.387 e. The van der Waals surface area contributed by atoms with Crippen LogP contribution in [0.25, 0.3) is 0 Å². The Labute approximate surface area is 176 Å². The van der Waals surface area contributed by atoms with Gasteiger partial charge in [0.15, 0.2) is 5.75 Å². The summed E-state index contributed by atoms with van der Waals surface area (Å²) in [7, 11) is 0. The van der Waals surface area contributed by atoms with E-state index < -0.39 is 37.4 Å². The Balaban J connectivity index is 1.79. The zero-order chi connectivity index (χ0) is 22.5. The quantitative estimate of drug-likeness (QED) is 0.529. The molecule has 12 heteroatoms. The lowest BCUT2D eigenvalue weighted by molar-refractivity contribution is -0.126. The number of carbonyl (C=O) groups is 2. The number of nitrogens with two attached hydrogens (primary N) is 1. The van der Waals surface area contributed by atoms with E-state index in [0.717, 1.165) is 6.07 Å². The highest BCUT2D eigenvalue weighted by molar-refractivity contribution is 5.98. The molecule has 0 bridgehead atoms. The summed E-state index contributed by atoms with van der Waals surface area (Å²) in [4.78, 5) is 27.4. The molecule has 1 aromatic rings. The lowest BCUT2D eigenvalue weighted by Gasteiger charge is -2.30. The molecule has 2 fully saturated rings. The van der Waals surface area contributed by atoms with Crippen molar-refractivity contribution in [1.29, 1.82) is 0 Å². The minimum atomic E-state index is -3.16. The van der Waals surface area contributed by atoms with Crippen molar-refractivity contribution in [3.05, 3.63) is 18.2 Å². The van der Waals surface area contributed by atoms with Crippen LogP contribution in [0.4, 0.5) is 28.9 Å². The second-order valence-corrected chi connectivity index (χ2v) is 7.22. The first kappa shape index (κ1) is 23.2. The molecule has 3 rings (SSSR count). The number of benzene rings is 1. The first-order valence-electron chi connectivity index (χ1n) is 9.82. The first-order valence-corrected chi connectivity index (χ1v) is 9.82. The lowest BCUT2D eigenvalue weighted by Crippen LogP contribution is -2.51. The fourth-order valence-electron chi connectivity index (χ4n) is 3.49. The predicted molar refractivity (Wildman–Crippen MR) is 103 cm³/mol. The van der Waals surface area contributed by atoms with Crippen molar-refractivity contribution < 1.29 is 36.6 Å². The molecular formula is C19H24F4N4O4. The van der Waals surface area contributed by atoms with E-state index in [0.29, 0.717) is 12.8 Å². The van der Waals surface area contributed by atoms with Gasteiger partial charge >= 0.3 is 6.61 Å². The Bertz CT molecular complexity index is 794. The highest BCUT2D eigenvalue weighted by Crippen LogP contribution is 2.34. The number of hydrogen-bond donors (Lipinski definition) is 2. The summed E-state index contributed by atoms with van der Waals surface area (Å²) in [5.41, 5.74) is 5.89. The van der Waals surface area contributed by atoms with E-state index in [2.05, 4.69) is 10.1 Å². The Hall–Kier alpha value is -2.44. The third-order valence-electron chi connectivity index (χ3n) is 5.01. The SMILES string of the molecule is NC[C@@H](C(=O)Nc1ccc(N2CCOCC2=O)c(OC(F)F)c1)N(CC(F)F)C1CC1. The third-order valence-corrected chi connectivity index (χ3v) is 5.01.